The summed E-state index contributed by atoms with van der Waals surface area (Å²) in [6, 6.07) is 14.7. The third-order valence-corrected chi connectivity index (χ3v) is 3.72. The molecule has 106 valence electrons. The van der Waals surface area contributed by atoms with Crippen LogP contribution < -0.4 is 4.90 Å². The summed E-state index contributed by atoms with van der Waals surface area (Å²) in [5.41, 5.74) is 6.01. The van der Waals surface area contributed by atoms with E-state index in [1.165, 1.54) is 22.6 Å². The average molecular weight is 276 g/mol. The number of anilines is 1. The van der Waals surface area contributed by atoms with Crippen molar-refractivity contribution in [1.82, 2.24) is 4.98 Å². The first-order valence-electron chi connectivity index (χ1n) is 7.56. The van der Waals surface area contributed by atoms with E-state index in [0.29, 0.717) is 0 Å². The lowest BCUT2D eigenvalue weighted by molar-refractivity contribution is 1.01. The van der Waals surface area contributed by atoms with Crippen molar-refractivity contribution in [2.75, 3.05) is 4.90 Å². The summed E-state index contributed by atoms with van der Waals surface area (Å²) in [7, 11) is 0. The summed E-state index contributed by atoms with van der Waals surface area (Å²) in [5.74, 6) is 0. The molecule has 2 heterocycles. The van der Waals surface area contributed by atoms with E-state index in [0.717, 1.165) is 18.5 Å². The molecule has 1 aliphatic heterocycles. The fourth-order valence-corrected chi connectivity index (χ4v) is 2.78. The molecule has 0 radical (unpaired) electrons. The van der Waals surface area contributed by atoms with E-state index in [-0.39, 0.29) is 0 Å². The zero-order chi connectivity index (χ0) is 14.7. The van der Waals surface area contributed by atoms with Crippen molar-refractivity contribution in [3.63, 3.8) is 0 Å². The van der Waals surface area contributed by atoms with Crippen LogP contribution in [0.1, 0.15) is 37.9 Å². The third kappa shape index (κ3) is 2.49. The quantitative estimate of drug-likeness (QED) is 0.775. The maximum atomic E-state index is 4.53. The van der Waals surface area contributed by atoms with Crippen molar-refractivity contribution in [1.29, 1.82) is 0 Å². The maximum Gasteiger partial charge on any atom is 0.0740 e. The van der Waals surface area contributed by atoms with Gasteiger partial charge in [-0.1, -0.05) is 38.1 Å². The SMILES string of the molecule is CC/C=C1\c2cccnc2C=C(CC)N1c1ccccc1. The minimum absolute atomic E-state index is 0.978. The number of hydrogen-bond acceptors (Lipinski definition) is 2. The molecule has 0 saturated carbocycles. The molecule has 1 aromatic carbocycles. The minimum Gasteiger partial charge on any atom is -0.314 e. The van der Waals surface area contributed by atoms with Crippen molar-refractivity contribution >= 4 is 17.5 Å². The van der Waals surface area contributed by atoms with E-state index < -0.39 is 0 Å². The molecule has 0 N–H and O–H groups in total. The molecule has 0 aliphatic carbocycles. The van der Waals surface area contributed by atoms with Crippen molar-refractivity contribution in [2.24, 2.45) is 0 Å². The Morgan fingerprint density at radius 3 is 2.57 bits per heavy atom. The molecule has 2 nitrogen and oxygen atoms in total. The first kappa shape index (κ1) is 13.6. The minimum atomic E-state index is 0.978. The van der Waals surface area contributed by atoms with Crippen LogP contribution in [0.4, 0.5) is 5.69 Å². The fourth-order valence-electron chi connectivity index (χ4n) is 2.78. The predicted octanol–water partition coefficient (Wildman–Crippen LogP) is 5.10. The van der Waals surface area contributed by atoms with Gasteiger partial charge in [-0.3, -0.25) is 4.98 Å². The van der Waals surface area contributed by atoms with Crippen LogP contribution in [0.25, 0.3) is 11.8 Å². The van der Waals surface area contributed by atoms with Crippen LogP contribution in [0.2, 0.25) is 0 Å². The summed E-state index contributed by atoms with van der Waals surface area (Å²) < 4.78 is 0. The van der Waals surface area contributed by atoms with E-state index in [4.69, 9.17) is 0 Å². The number of hydrogen-bond donors (Lipinski definition) is 0. The second-order valence-corrected chi connectivity index (χ2v) is 5.09. The number of rotatable bonds is 3. The molecule has 0 bridgehead atoms. The fraction of sp³-hybridized carbons (Fsp3) is 0.211. The summed E-state index contributed by atoms with van der Waals surface area (Å²) in [5, 5.41) is 0. The van der Waals surface area contributed by atoms with E-state index in [2.05, 4.69) is 72.3 Å². The van der Waals surface area contributed by atoms with Gasteiger partial charge in [0.1, 0.15) is 0 Å². The predicted molar refractivity (Wildman–Crippen MR) is 89.7 cm³/mol. The van der Waals surface area contributed by atoms with Crippen molar-refractivity contribution in [2.45, 2.75) is 26.7 Å². The van der Waals surface area contributed by atoms with Gasteiger partial charge in [0.15, 0.2) is 0 Å². The van der Waals surface area contributed by atoms with Crippen LogP contribution in [0.5, 0.6) is 0 Å². The van der Waals surface area contributed by atoms with E-state index in [1.54, 1.807) is 0 Å². The Morgan fingerprint density at radius 1 is 1.05 bits per heavy atom. The Labute approximate surface area is 126 Å². The molecule has 3 rings (SSSR count). The molecule has 1 aliphatic rings. The van der Waals surface area contributed by atoms with Gasteiger partial charge in [0, 0.05) is 23.1 Å². The number of pyridine rings is 1. The van der Waals surface area contributed by atoms with Gasteiger partial charge in [-0.2, -0.15) is 0 Å². The molecule has 0 fully saturated rings. The van der Waals surface area contributed by atoms with Crippen molar-refractivity contribution in [3.05, 3.63) is 71.7 Å². The summed E-state index contributed by atoms with van der Waals surface area (Å²) in [4.78, 5) is 6.89. The number of para-hydroxylation sites is 1. The van der Waals surface area contributed by atoms with Gasteiger partial charge < -0.3 is 4.90 Å². The molecule has 0 amide bonds. The van der Waals surface area contributed by atoms with Gasteiger partial charge in [0.25, 0.3) is 0 Å². The number of fused-ring (bicyclic) bond motifs is 1. The smallest absolute Gasteiger partial charge is 0.0740 e. The van der Waals surface area contributed by atoms with Gasteiger partial charge in [-0.15, -0.1) is 0 Å². The number of nitrogens with zero attached hydrogens (tertiary/aromatic N) is 2. The first-order chi connectivity index (χ1) is 10.3. The number of aromatic nitrogens is 1. The van der Waals surface area contributed by atoms with Gasteiger partial charge >= 0.3 is 0 Å². The third-order valence-electron chi connectivity index (χ3n) is 3.72. The Bertz CT molecular complexity index is 684. The Morgan fingerprint density at radius 2 is 1.86 bits per heavy atom. The van der Waals surface area contributed by atoms with E-state index in [1.807, 2.05) is 12.3 Å². The lowest BCUT2D eigenvalue weighted by Crippen LogP contribution is -2.24. The Balaban J connectivity index is 2.20. The van der Waals surface area contributed by atoms with E-state index in [9.17, 15) is 0 Å². The van der Waals surface area contributed by atoms with Gasteiger partial charge in [0.2, 0.25) is 0 Å². The molecule has 2 aromatic rings. The van der Waals surface area contributed by atoms with Crippen LogP contribution in [0.3, 0.4) is 0 Å². The van der Waals surface area contributed by atoms with Crippen LogP contribution in [-0.2, 0) is 0 Å². The molecule has 0 unspecified atom stereocenters. The highest BCUT2D eigenvalue weighted by Crippen LogP contribution is 2.37. The molecule has 0 saturated heterocycles. The molecule has 0 spiro atoms. The first-order valence-corrected chi connectivity index (χ1v) is 7.56. The zero-order valence-electron chi connectivity index (χ0n) is 12.6. The molecular weight excluding hydrogens is 256 g/mol. The topological polar surface area (TPSA) is 16.1 Å². The lowest BCUT2D eigenvalue weighted by atomic mass is 9.99. The molecule has 0 atom stereocenters. The molecule has 2 heteroatoms. The average Bonchev–Trinajstić information content (AvgIpc) is 2.55. The largest absolute Gasteiger partial charge is 0.314 e. The van der Waals surface area contributed by atoms with Crippen LogP contribution in [-0.4, -0.2) is 4.98 Å². The van der Waals surface area contributed by atoms with Crippen LogP contribution in [0.15, 0.2) is 60.4 Å². The number of allylic oxidation sites excluding steroid dienone is 2. The highest BCUT2D eigenvalue weighted by molar-refractivity contribution is 5.90. The lowest BCUT2D eigenvalue weighted by Gasteiger charge is -2.33. The monoisotopic (exact) mass is 276 g/mol. The normalized spacial score (nSPS) is 15.8. The second-order valence-electron chi connectivity index (χ2n) is 5.09. The van der Waals surface area contributed by atoms with Gasteiger partial charge in [0.05, 0.1) is 11.4 Å². The second kappa shape index (κ2) is 5.96. The van der Waals surface area contributed by atoms with Gasteiger partial charge in [-0.25, -0.2) is 0 Å². The Hall–Kier alpha value is -2.35. The summed E-state index contributed by atoms with van der Waals surface area (Å²) in [6.07, 6.45) is 8.34. The summed E-state index contributed by atoms with van der Waals surface area (Å²) in [6.45, 7) is 4.37. The maximum absolute atomic E-state index is 4.53. The molecule has 1 aromatic heterocycles. The van der Waals surface area contributed by atoms with Crippen LogP contribution >= 0.6 is 0 Å². The van der Waals surface area contributed by atoms with Crippen molar-refractivity contribution < 1.29 is 0 Å². The van der Waals surface area contributed by atoms with E-state index >= 15 is 0 Å². The standard InChI is InChI=1S/C19H20N2/c1-3-9-19-17-12-8-13-20-18(17)14-15(4-2)21(19)16-10-6-5-7-11-16/h5-14H,3-4H2,1-2H3/b19-9+. The highest BCUT2D eigenvalue weighted by atomic mass is 15.2. The Kier molecular flexibility index (Phi) is 3.87. The molecular formula is C19H20N2. The number of benzene rings is 1. The highest BCUT2D eigenvalue weighted by Gasteiger charge is 2.23. The van der Waals surface area contributed by atoms with Crippen molar-refractivity contribution in [3.8, 4) is 0 Å². The van der Waals surface area contributed by atoms with Gasteiger partial charge in [-0.05, 0) is 43.2 Å². The zero-order valence-corrected chi connectivity index (χ0v) is 12.6. The molecule has 21 heavy (non-hydrogen) atoms. The van der Waals surface area contributed by atoms with Crippen LogP contribution in [0, 0.1) is 0 Å². The summed E-state index contributed by atoms with van der Waals surface area (Å²) >= 11 is 0.